The first-order chi connectivity index (χ1) is 8.88. The van der Waals surface area contributed by atoms with Crippen molar-refractivity contribution in [1.82, 2.24) is 4.90 Å². The molecule has 1 rings (SSSR count). The number of rotatable bonds is 3. The monoisotopic (exact) mass is 287 g/mol. The second kappa shape index (κ2) is 5.53. The Kier molecular flexibility index (Phi) is 4.76. The van der Waals surface area contributed by atoms with Crippen molar-refractivity contribution in [2.45, 2.75) is 72.3 Å². The number of carbonyl (C=O) groups excluding carboxylic acids is 1. The molecule has 0 aromatic heterocycles. The highest BCUT2D eigenvalue weighted by Crippen LogP contribution is 2.35. The summed E-state index contributed by atoms with van der Waals surface area (Å²) in [6.07, 6.45) is 0.311. The topological polar surface area (TPSA) is 59.0 Å². The molecule has 1 unspecified atom stereocenters. The van der Waals surface area contributed by atoms with Crippen molar-refractivity contribution in [3.8, 4) is 0 Å². The van der Waals surface area contributed by atoms with Gasteiger partial charge in [0, 0.05) is 6.61 Å². The van der Waals surface area contributed by atoms with Gasteiger partial charge in [0.25, 0.3) is 0 Å². The Morgan fingerprint density at radius 1 is 1.35 bits per heavy atom. The smallest absolute Gasteiger partial charge is 0.412 e. The average Bonchev–Trinajstić information content (AvgIpc) is 2.50. The number of nitrogens with zero attached hydrogens (tertiary/aromatic N) is 1. The van der Waals surface area contributed by atoms with Gasteiger partial charge in [-0.15, -0.1) is 0 Å². The molecule has 1 fully saturated rings. The zero-order valence-electron chi connectivity index (χ0n) is 13.8. The lowest BCUT2D eigenvalue weighted by atomic mass is 9.86. The molecule has 0 radical (unpaired) electrons. The van der Waals surface area contributed by atoms with E-state index in [9.17, 15) is 9.90 Å². The van der Waals surface area contributed by atoms with Gasteiger partial charge in [-0.25, -0.2) is 4.79 Å². The summed E-state index contributed by atoms with van der Waals surface area (Å²) in [4.78, 5) is 14.1. The summed E-state index contributed by atoms with van der Waals surface area (Å²) in [6, 6.07) is -0.0815. The van der Waals surface area contributed by atoms with E-state index in [1.54, 1.807) is 4.90 Å². The van der Waals surface area contributed by atoms with Crippen LogP contribution in [0.2, 0.25) is 0 Å². The van der Waals surface area contributed by atoms with Gasteiger partial charge >= 0.3 is 6.09 Å². The minimum Gasteiger partial charge on any atom is -0.444 e. The molecule has 5 heteroatoms. The Labute approximate surface area is 122 Å². The minimum atomic E-state index is -0.682. The zero-order chi connectivity index (χ0) is 15.8. The third-order valence-corrected chi connectivity index (χ3v) is 3.38. The van der Waals surface area contributed by atoms with Gasteiger partial charge in [-0.05, 0) is 46.5 Å². The predicted octanol–water partition coefficient (Wildman–Crippen LogP) is 2.77. The van der Waals surface area contributed by atoms with Crippen LogP contribution in [0.5, 0.6) is 0 Å². The third-order valence-electron chi connectivity index (χ3n) is 3.38. The molecule has 0 aliphatic carbocycles. The fourth-order valence-corrected chi connectivity index (χ4v) is 2.42. The van der Waals surface area contributed by atoms with E-state index < -0.39 is 11.3 Å². The SMILES string of the molecule is CC(C)(CO)CC1COC(C)(C)N1C(=O)OC(C)(C)C. The lowest BCUT2D eigenvalue weighted by Crippen LogP contribution is -2.50. The quantitative estimate of drug-likeness (QED) is 0.867. The molecule has 118 valence electrons. The molecule has 1 amide bonds. The van der Waals surface area contributed by atoms with E-state index in [0.29, 0.717) is 13.0 Å². The highest BCUT2D eigenvalue weighted by molar-refractivity contribution is 5.69. The maximum atomic E-state index is 12.4. The van der Waals surface area contributed by atoms with Crippen molar-refractivity contribution in [3.63, 3.8) is 0 Å². The van der Waals surface area contributed by atoms with Gasteiger partial charge in [0.15, 0.2) is 0 Å². The molecule has 20 heavy (non-hydrogen) atoms. The zero-order valence-corrected chi connectivity index (χ0v) is 13.8. The molecule has 1 aliphatic rings. The van der Waals surface area contributed by atoms with Gasteiger partial charge in [-0.1, -0.05) is 13.8 Å². The van der Waals surface area contributed by atoms with Crippen LogP contribution in [0.4, 0.5) is 4.79 Å². The summed E-state index contributed by atoms with van der Waals surface area (Å²) in [6.45, 7) is 13.8. The summed E-state index contributed by atoms with van der Waals surface area (Å²) < 4.78 is 11.2. The molecule has 5 nitrogen and oxygen atoms in total. The van der Waals surface area contributed by atoms with Crippen LogP contribution in [0.1, 0.15) is 54.9 Å². The van der Waals surface area contributed by atoms with Gasteiger partial charge in [0.05, 0.1) is 12.6 Å². The van der Waals surface area contributed by atoms with Crippen molar-refractivity contribution >= 4 is 6.09 Å². The standard InChI is InChI=1S/C15H29NO4/c1-13(2,3)20-12(18)16-11(8-14(4,5)10-17)9-19-15(16,6)7/h11,17H,8-10H2,1-7H3. The van der Waals surface area contributed by atoms with Crippen molar-refractivity contribution in [3.05, 3.63) is 0 Å². The maximum absolute atomic E-state index is 12.4. The van der Waals surface area contributed by atoms with Gasteiger partial charge in [0.2, 0.25) is 0 Å². The van der Waals surface area contributed by atoms with Crippen LogP contribution in [-0.2, 0) is 9.47 Å². The summed E-state index contributed by atoms with van der Waals surface area (Å²) in [5.41, 5.74) is -1.47. The predicted molar refractivity (Wildman–Crippen MR) is 77.4 cm³/mol. The molecule has 0 spiro atoms. The molecule has 1 saturated heterocycles. The molecule has 0 aromatic carbocycles. The van der Waals surface area contributed by atoms with Crippen LogP contribution in [0.15, 0.2) is 0 Å². The van der Waals surface area contributed by atoms with Crippen LogP contribution >= 0.6 is 0 Å². The van der Waals surface area contributed by atoms with Gasteiger partial charge in [0.1, 0.15) is 11.3 Å². The van der Waals surface area contributed by atoms with Crippen molar-refractivity contribution < 1.29 is 19.4 Å². The lowest BCUT2D eigenvalue weighted by molar-refractivity contribution is -0.0640. The molecule has 0 saturated carbocycles. The van der Waals surface area contributed by atoms with Crippen LogP contribution in [0.25, 0.3) is 0 Å². The third kappa shape index (κ3) is 4.35. The number of amides is 1. The molecule has 0 aromatic rings. The first-order valence-electron chi connectivity index (χ1n) is 7.15. The van der Waals surface area contributed by atoms with E-state index in [-0.39, 0.29) is 24.2 Å². The Balaban J connectivity index is 2.88. The van der Waals surface area contributed by atoms with Crippen molar-refractivity contribution in [1.29, 1.82) is 0 Å². The van der Waals surface area contributed by atoms with Crippen LogP contribution in [0, 0.1) is 5.41 Å². The Bertz CT molecular complexity index is 357. The second-order valence-corrected chi connectivity index (χ2v) is 7.79. The number of ether oxygens (including phenoxy) is 2. The van der Waals surface area contributed by atoms with Gasteiger partial charge in [-0.2, -0.15) is 0 Å². The highest BCUT2D eigenvalue weighted by Gasteiger charge is 2.46. The van der Waals surface area contributed by atoms with Crippen LogP contribution < -0.4 is 0 Å². The molecular formula is C15H29NO4. The number of hydrogen-bond donors (Lipinski definition) is 1. The van der Waals surface area contributed by atoms with Crippen LogP contribution in [-0.4, -0.2) is 46.7 Å². The average molecular weight is 287 g/mol. The number of aliphatic hydroxyl groups excluding tert-OH is 1. The highest BCUT2D eigenvalue weighted by atomic mass is 16.6. The van der Waals surface area contributed by atoms with Crippen LogP contribution in [0.3, 0.4) is 0 Å². The van der Waals surface area contributed by atoms with Crippen molar-refractivity contribution in [2.75, 3.05) is 13.2 Å². The normalized spacial score (nSPS) is 23.0. The Morgan fingerprint density at radius 3 is 2.35 bits per heavy atom. The van der Waals surface area contributed by atoms with Gasteiger partial charge in [-0.3, -0.25) is 4.90 Å². The lowest BCUT2D eigenvalue weighted by Gasteiger charge is -2.37. The minimum absolute atomic E-state index is 0.0755. The molecule has 0 bridgehead atoms. The first kappa shape index (κ1) is 17.2. The fourth-order valence-electron chi connectivity index (χ4n) is 2.42. The first-order valence-corrected chi connectivity index (χ1v) is 7.15. The van der Waals surface area contributed by atoms with E-state index in [4.69, 9.17) is 9.47 Å². The maximum Gasteiger partial charge on any atom is 0.412 e. The van der Waals surface area contributed by atoms with Crippen molar-refractivity contribution in [2.24, 2.45) is 5.41 Å². The Morgan fingerprint density at radius 2 is 1.90 bits per heavy atom. The second-order valence-electron chi connectivity index (χ2n) is 7.79. The van der Waals surface area contributed by atoms with E-state index in [1.807, 2.05) is 48.5 Å². The molecule has 1 N–H and O–H groups in total. The summed E-state index contributed by atoms with van der Waals surface area (Å²) in [5, 5.41) is 9.42. The van der Waals surface area contributed by atoms with E-state index in [1.165, 1.54) is 0 Å². The van der Waals surface area contributed by atoms with E-state index in [2.05, 4.69) is 0 Å². The largest absolute Gasteiger partial charge is 0.444 e. The number of carbonyl (C=O) groups is 1. The summed E-state index contributed by atoms with van der Waals surface area (Å²) >= 11 is 0. The summed E-state index contributed by atoms with van der Waals surface area (Å²) in [7, 11) is 0. The molecular weight excluding hydrogens is 258 g/mol. The van der Waals surface area contributed by atoms with E-state index >= 15 is 0 Å². The number of hydrogen-bond acceptors (Lipinski definition) is 4. The van der Waals surface area contributed by atoms with Gasteiger partial charge < -0.3 is 14.6 Å². The molecule has 1 aliphatic heterocycles. The summed E-state index contributed by atoms with van der Waals surface area (Å²) in [5.74, 6) is 0. The fraction of sp³-hybridized carbons (Fsp3) is 0.933. The molecule has 1 heterocycles. The Hall–Kier alpha value is -0.810. The van der Waals surface area contributed by atoms with E-state index in [0.717, 1.165) is 0 Å². The molecule has 1 atom stereocenters. The number of aliphatic hydroxyl groups is 1.